The highest BCUT2D eigenvalue weighted by Gasteiger charge is 2.33. The largest absolute Gasteiger partial charge is 0.494 e. The number of nitrogens with one attached hydrogen (secondary N) is 1. The minimum atomic E-state index is -0.362. The van der Waals surface area contributed by atoms with Crippen molar-refractivity contribution >= 4 is 23.0 Å². The van der Waals surface area contributed by atoms with E-state index in [-0.39, 0.29) is 10.6 Å². The molecule has 2 aliphatic heterocycles. The summed E-state index contributed by atoms with van der Waals surface area (Å²) in [5, 5.41) is 19.5. The van der Waals surface area contributed by atoms with E-state index in [9.17, 15) is 10.1 Å². The summed E-state index contributed by atoms with van der Waals surface area (Å²) in [5.41, 5.74) is 3.94. The highest BCUT2D eigenvalue weighted by Crippen LogP contribution is 2.41. The number of nitro groups is 1. The highest BCUT2D eigenvalue weighted by atomic mass is 16.6. The maximum atomic E-state index is 11.9. The molecule has 178 valence electrons. The predicted molar refractivity (Wildman–Crippen MR) is 129 cm³/mol. The molecule has 11 heteroatoms. The van der Waals surface area contributed by atoms with E-state index in [2.05, 4.69) is 25.3 Å². The van der Waals surface area contributed by atoms with Gasteiger partial charge in [0.25, 0.3) is 5.69 Å². The zero-order valence-corrected chi connectivity index (χ0v) is 19.6. The van der Waals surface area contributed by atoms with Crippen LogP contribution in [-0.2, 0) is 13.0 Å². The summed E-state index contributed by atoms with van der Waals surface area (Å²) in [6.45, 7) is 2.38. The number of ether oxygens (including phenoxy) is 1. The fourth-order valence-electron chi connectivity index (χ4n) is 4.53. The van der Waals surface area contributed by atoms with E-state index in [0.29, 0.717) is 29.1 Å². The maximum absolute atomic E-state index is 11.9. The van der Waals surface area contributed by atoms with Crippen LogP contribution in [0.3, 0.4) is 0 Å². The van der Waals surface area contributed by atoms with Gasteiger partial charge >= 0.3 is 0 Å². The first-order valence-electron chi connectivity index (χ1n) is 11.4. The standard InChI is InChI=1S/C23H28N8O3/c1-28(2)15-13-29(14-15)20-11-22(34-3)18(10-21(20)31(32)33)27-23-24-8-7-17(26-23)16-12-25-30-9-5-4-6-19(16)30/h7-8,10-12,15H,4-6,9,13-14H2,1-3H3,(H,24,26,27). The lowest BCUT2D eigenvalue weighted by atomic mass is 10.0. The second kappa shape index (κ2) is 8.90. The molecule has 3 aromatic rings. The van der Waals surface area contributed by atoms with Crippen LogP contribution in [0.25, 0.3) is 11.3 Å². The number of hydrogen-bond donors (Lipinski definition) is 1. The molecule has 0 radical (unpaired) electrons. The summed E-state index contributed by atoms with van der Waals surface area (Å²) in [4.78, 5) is 24.6. The summed E-state index contributed by atoms with van der Waals surface area (Å²) in [5.74, 6) is 0.830. The Morgan fingerprint density at radius 2 is 2.09 bits per heavy atom. The summed E-state index contributed by atoms with van der Waals surface area (Å²) in [7, 11) is 5.57. The molecule has 0 bridgehead atoms. The van der Waals surface area contributed by atoms with Crippen molar-refractivity contribution in [3.05, 3.63) is 46.4 Å². The summed E-state index contributed by atoms with van der Waals surface area (Å²) < 4.78 is 7.61. The lowest BCUT2D eigenvalue weighted by molar-refractivity contribution is -0.384. The fourth-order valence-corrected chi connectivity index (χ4v) is 4.53. The van der Waals surface area contributed by atoms with Crippen molar-refractivity contribution in [2.24, 2.45) is 0 Å². The van der Waals surface area contributed by atoms with Crippen LogP contribution >= 0.6 is 0 Å². The molecule has 2 aromatic heterocycles. The van der Waals surface area contributed by atoms with Crippen LogP contribution in [0.4, 0.5) is 23.0 Å². The Kier molecular flexibility index (Phi) is 5.78. The SMILES string of the molecule is COc1cc(N2CC(N(C)C)C2)c([N+](=O)[O-])cc1Nc1nccc(-c2cnn3c2CCCC3)n1. The molecule has 1 saturated heterocycles. The number of anilines is 3. The molecular weight excluding hydrogens is 436 g/mol. The van der Waals surface area contributed by atoms with E-state index < -0.39 is 0 Å². The zero-order valence-electron chi connectivity index (χ0n) is 19.6. The van der Waals surface area contributed by atoms with Crippen LogP contribution in [0, 0.1) is 10.1 Å². The minimum Gasteiger partial charge on any atom is -0.494 e. The molecule has 0 saturated carbocycles. The number of benzene rings is 1. The van der Waals surface area contributed by atoms with Gasteiger partial charge in [0.2, 0.25) is 5.95 Å². The average molecular weight is 465 g/mol. The van der Waals surface area contributed by atoms with E-state index in [1.165, 1.54) is 11.8 Å². The van der Waals surface area contributed by atoms with E-state index in [1.54, 1.807) is 19.4 Å². The quantitative estimate of drug-likeness (QED) is 0.416. The lowest BCUT2D eigenvalue weighted by Crippen LogP contribution is -2.57. The van der Waals surface area contributed by atoms with Crippen molar-refractivity contribution < 1.29 is 9.66 Å². The third kappa shape index (κ3) is 4.03. The van der Waals surface area contributed by atoms with Gasteiger partial charge in [0, 0.05) is 55.3 Å². The molecule has 4 heterocycles. The van der Waals surface area contributed by atoms with Crippen LogP contribution in [0.5, 0.6) is 5.75 Å². The second-order valence-electron chi connectivity index (χ2n) is 8.90. The number of nitrogens with zero attached hydrogens (tertiary/aromatic N) is 7. The van der Waals surface area contributed by atoms with Gasteiger partial charge in [-0.25, -0.2) is 9.97 Å². The Hall–Kier alpha value is -3.73. The van der Waals surface area contributed by atoms with E-state index >= 15 is 0 Å². The normalized spacial score (nSPS) is 15.7. The van der Waals surface area contributed by atoms with Crippen LogP contribution in [0.15, 0.2) is 30.6 Å². The molecule has 0 spiro atoms. The molecule has 2 aliphatic rings. The van der Waals surface area contributed by atoms with Crippen LogP contribution in [0.1, 0.15) is 18.5 Å². The lowest BCUT2D eigenvalue weighted by Gasteiger charge is -2.44. The Bertz CT molecular complexity index is 1220. The molecule has 0 atom stereocenters. The van der Waals surface area contributed by atoms with Crippen LogP contribution < -0.4 is 15.0 Å². The molecule has 0 unspecified atom stereocenters. The molecule has 34 heavy (non-hydrogen) atoms. The van der Waals surface area contributed by atoms with Gasteiger partial charge in [-0.15, -0.1) is 0 Å². The highest BCUT2D eigenvalue weighted by molar-refractivity contribution is 5.77. The van der Waals surface area contributed by atoms with Gasteiger partial charge in [0.1, 0.15) is 11.4 Å². The number of aryl methyl sites for hydroxylation is 1. The molecule has 0 aliphatic carbocycles. The van der Waals surface area contributed by atoms with Gasteiger partial charge in [-0.1, -0.05) is 0 Å². The number of likely N-dealkylation sites (N-methyl/N-ethyl adjacent to an activating group) is 1. The van der Waals surface area contributed by atoms with Crippen molar-refractivity contribution in [3.8, 4) is 17.0 Å². The number of nitro benzene ring substituents is 1. The monoisotopic (exact) mass is 464 g/mol. The Morgan fingerprint density at radius 1 is 1.26 bits per heavy atom. The molecule has 1 N–H and O–H groups in total. The van der Waals surface area contributed by atoms with Gasteiger partial charge in [-0.05, 0) is 39.4 Å². The first kappa shape index (κ1) is 22.1. The van der Waals surface area contributed by atoms with Crippen LogP contribution in [-0.4, -0.2) is 69.9 Å². The summed E-state index contributed by atoms with van der Waals surface area (Å²) in [6.07, 6.45) is 6.75. The second-order valence-corrected chi connectivity index (χ2v) is 8.90. The predicted octanol–water partition coefficient (Wildman–Crippen LogP) is 3.09. The molecule has 11 nitrogen and oxygen atoms in total. The molecular formula is C23H28N8O3. The Morgan fingerprint density at radius 3 is 2.82 bits per heavy atom. The van der Waals surface area contributed by atoms with Crippen molar-refractivity contribution in [2.45, 2.75) is 31.8 Å². The minimum absolute atomic E-state index is 0.0161. The van der Waals surface area contributed by atoms with Crippen molar-refractivity contribution in [1.29, 1.82) is 0 Å². The van der Waals surface area contributed by atoms with Crippen molar-refractivity contribution in [3.63, 3.8) is 0 Å². The number of methoxy groups -OCH3 is 1. The molecule has 0 amide bonds. The molecule has 5 rings (SSSR count). The average Bonchev–Trinajstić information content (AvgIpc) is 3.22. The summed E-state index contributed by atoms with van der Waals surface area (Å²) >= 11 is 0. The van der Waals surface area contributed by atoms with Gasteiger partial charge < -0.3 is 19.9 Å². The Balaban J connectivity index is 1.44. The number of rotatable bonds is 7. The van der Waals surface area contributed by atoms with E-state index in [4.69, 9.17) is 4.74 Å². The zero-order chi connectivity index (χ0) is 23.8. The number of aromatic nitrogens is 4. The van der Waals surface area contributed by atoms with Gasteiger partial charge in [0.15, 0.2) is 0 Å². The molecule has 1 aromatic carbocycles. The smallest absolute Gasteiger partial charge is 0.294 e. The van der Waals surface area contributed by atoms with Crippen molar-refractivity contribution in [2.75, 3.05) is 44.5 Å². The fraction of sp³-hybridized carbons (Fsp3) is 0.435. The number of fused-ring (bicyclic) bond motifs is 1. The van der Waals surface area contributed by atoms with Gasteiger partial charge in [-0.2, -0.15) is 5.10 Å². The first-order chi connectivity index (χ1) is 16.4. The third-order valence-electron chi connectivity index (χ3n) is 6.59. The van der Waals surface area contributed by atoms with E-state index in [0.717, 1.165) is 50.2 Å². The van der Waals surface area contributed by atoms with Gasteiger partial charge in [-0.3, -0.25) is 14.8 Å². The Labute approximate surface area is 197 Å². The molecule has 1 fully saturated rings. The van der Waals surface area contributed by atoms with Crippen molar-refractivity contribution in [1.82, 2.24) is 24.6 Å². The maximum Gasteiger partial charge on any atom is 0.294 e. The number of hydrogen-bond acceptors (Lipinski definition) is 9. The van der Waals surface area contributed by atoms with Crippen LogP contribution in [0.2, 0.25) is 0 Å². The first-order valence-corrected chi connectivity index (χ1v) is 11.4. The topological polar surface area (TPSA) is 114 Å². The van der Waals surface area contributed by atoms with E-state index in [1.807, 2.05) is 35.9 Å². The summed E-state index contributed by atoms with van der Waals surface area (Å²) in [6, 6.07) is 5.43. The van der Waals surface area contributed by atoms with Gasteiger partial charge in [0.05, 0.1) is 29.6 Å². The third-order valence-corrected chi connectivity index (χ3v) is 6.59.